The Hall–Kier alpha value is -0.650. The van der Waals surface area contributed by atoms with Crippen molar-refractivity contribution < 1.29 is 21.5 Å². The van der Waals surface area contributed by atoms with Gasteiger partial charge >= 0.3 is 0 Å². The zero-order chi connectivity index (χ0) is 5.86. The fraction of sp³-hybridized carbons (Fsp3) is 0. The number of rotatable bonds is 0. The van der Waals surface area contributed by atoms with Gasteiger partial charge in [-0.25, -0.2) is 0 Å². The fourth-order valence-corrected chi connectivity index (χ4v) is 0.500. The van der Waals surface area contributed by atoms with Crippen LogP contribution in [0.25, 0.3) is 0 Å². The highest BCUT2D eigenvalue weighted by atomic mass is 32.2. The third-order valence-corrected chi connectivity index (χ3v) is 1.22. The highest BCUT2D eigenvalue weighted by Gasteiger charge is 1.56. The molecular formula is CHFO4S2. The Kier molecular flexibility index (Phi) is 5.83. The van der Waals surface area contributed by atoms with Crippen molar-refractivity contribution >= 4 is 24.9 Å². The molecule has 0 aromatic carbocycles. The molecule has 0 spiro atoms. The van der Waals surface area contributed by atoms with E-state index in [1.807, 2.05) is 0 Å². The van der Waals surface area contributed by atoms with Gasteiger partial charge in [-0.15, -0.1) is 0 Å². The van der Waals surface area contributed by atoms with Crippen molar-refractivity contribution in [2.45, 2.75) is 0 Å². The van der Waals surface area contributed by atoms with Gasteiger partial charge in [0.25, 0.3) is 20.6 Å². The molecule has 0 N–H and O–H groups in total. The zero-order valence-electron chi connectivity index (χ0n) is 3.36. The molecule has 0 amide bonds. The van der Waals surface area contributed by atoms with E-state index < -0.39 is 20.6 Å². The molecule has 7 heteroatoms. The lowest BCUT2D eigenvalue weighted by atomic mass is 12.0. The van der Waals surface area contributed by atoms with E-state index in [9.17, 15) is 16.8 Å². The number of hydrogen-bond donors (Lipinski definition) is 0. The molecule has 48 valence electrons. The normalized spacial score (nSPS) is 6.00. The quantitative estimate of drug-likeness (QED) is 0.406. The Balaban J connectivity index is 0. The van der Waals surface area contributed by atoms with Crippen LogP contribution >= 0.6 is 0 Å². The van der Waals surface area contributed by atoms with E-state index in [-0.39, 0.29) is 4.70 Å². The maximum Gasteiger partial charge on any atom is 0.276 e. The van der Waals surface area contributed by atoms with Gasteiger partial charge in [0, 0.05) is 0 Å². The van der Waals surface area contributed by atoms with Crippen molar-refractivity contribution in [2.75, 3.05) is 0 Å². The number of halogens is 1. The minimum absolute atomic E-state index is 0. The molecule has 0 heterocycles. The molecule has 0 saturated heterocycles. The van der Waals surface area contributed by atoms with Gasteiger partial charge in [-0.3, -0.25) is 4.70 Å². The van der Waals surface area contributed by atoms with Crippen LogP contribution in [0, 0.1) is 0 Å². The monoisotopic (exact) mass is 160 g/mol. The molecule has 0 aromatic heterocycles. The first-order valence-corrected chi connectivity index (χ1v) is 3.22. The average molecular weight is 160 g/mol. The average Bonchev–Trinajstić information content (AvgIpc) is 1.27. The molecule has 0 aliphatic rings. The van der Waals surface area contributed by atoms with Gasteiger partial charge in [0.15, 0.2) is 0 Å². The van der Waals surface area contributed by atoms with Crippen LogP contribution in [0.5, 0.6) is 0 Å². The van der Waals surface area contributed by atoms with Gasteiger partial charge in [-0.2, -0.15) is 16.8 Å². The Morgan fingerprint density at radius 2 is 1.12 bits per heavy atom. The second kappa shape index (κ2) is 4.51. The summed E-state index contributed by atoms with van der Waals surface area (Å²) in [4.78, 5) is 0. The van der Waals surface area contributed by atoms with Crippen molar-refractivity contribution in [2.24, 2.45) is 0 Å². The molecular weight excluding hydrogens is 159 g/mol. The summed E-state index contributed by atoms with van der Waals surface area (Å²) in [6.07, 6.45) is 0. The first-order chi connectivity index (χ1) is 3.13. The summed E-state index contributed by atoms with van der Waals surface area (Å²) in [6.45, 7) is 0. The third kappa shape index (κ3) is 9.02. The Morgan fingerprint density at radius 1 is 0.875 bits per heavy atom. The minimum Gasteiger partial charge on any atom is -0.269 e. The maximum atomic E-state index is 9.31. The van der Waals surface area contributed by atoms with E-state index in [0.717, 1.165) is 4.31 Å². The Labute approximate surface area is 47.2 Å². The lowest BCUT2D eigenvalue weighted by Crippen LogP contribution is -1.58. The van der Waals surface area contributed by atoms with Crippen LogP contribution in [0.1, 0.15) is 0 Å². The van der Waals surface area contributed by atoms with Gasteiger partial charge < -0.3 is 0 Å². The molecule has 0 saturated carbocycles. The van der Waals surface area contributed by atoms with E-state index in [2.05, 4.69) is 0 Å². The van der Waals surface area contributed by atoms with Crippen LogP contribution in [0.15, 0.2) is 0 Å². The smallest absolute Gasteiger partial charge is 0.269 e. The maximum absolute atomic E-state index is 9.31. The lowest BCUT2D eigenvalue weighted by Gasteiger charge is -1.30. The molecule has 0 radical (unpaired) electrons. The minimum atomic E-state index is -2.71. The van der Waals surface area contributed by atoms with E-state index >= 15 is 0 Å². The van der Waals surface area contributed by atoms with Gasteiger partial charge in [0.2, 0.25) is 0 Å². The molecule has 0 atom stereocenters. The Bertz CT molecular complexity index is 254. The molecule has 0 fully saturated rings. The van der Waals surface area contributed by atoms with Crippen LogP contribution in [0.2, 0.25) is 0 Å². The standard InChI is InChI=1S/CO4S2.FH/c2-6(3)1-7(4)5;/h;1H. The van der Waals surface area contributed by atoms with E-state index in [1.54, 1.807) is 0 Å². The molecule has 0 bridgehead atoms. The zero-order valence-corrected chi connectivity index (χ0v) is 4.99. The van der Waals surface area contributed by atoms with Gasteiger partial charge in [-0.1, -0.05) is 0 Å². The van der Waals surface area contributed by atoms with Crippen molar-refractivity contribution in [3.63, 3.8) is 0 Å². The summed E-state index contributed by atoms with van der Waals surface area (Å²) in [5, 5.41) is 0. The van der Waals surface area contributed by atoms with Gasteiger partial charge in [0.05, 0.1) is 0 Å². The predicted molar refractivity (Wildman–Crippen MR) is 25.3 cm³/mol. The van der Waals surface area contributed by atoms with Crippen LogP contribution in [0.3, 0.4) is 0 Å². The molecule has 0 aliphatic carbocycles. The van der Waals surface area contributed by atoms with Crippen LogP contribution in [-0.4, -0.2) is 21.1 Å². The van der Waals surface area contributed by atoms with Crippen LogP contribution < -0.4 is 0 Å². The highest BCUT2D eigenvalue weighted by Crippen LogP contribution is 1.27. The summed E-state index contributed by atoms with van der Waals surface area (Å²) < 4.78 is 38.4. The molecule has 0 rings (SSSR count). The van der Waals surface area contributed by atoms with Gasteiger partial charge in [0.1, 0.15) is 4.31 Å². The number of hydrogen-bond acceptors (Lipinski definition) is 4. The lowest BCUT2D eigenvalue weighted by molar-refractivity contribution is 0.627. The first-order valence-electron chi connectivity index (χ1n) is 1.07. The largest absolute Gasteiger partial charge is 0.276 e. The van der Waals surface area contributed by atoms with E-state index in [1.165, 1.54) is 0 Å². The van der Waals surface area contributed by atoms with Gasteiger partial charge in [-0.05, 0) is 0 Å². The van der Waals surface area contributed by atoms with Crippen molar-refractivity contribution in [1.82, 2.24) is 0 Å². The summed E-state index contributed by atoms with van der Waals surface area (Å²) in [6, 6.07) is 0. The second-order valence-electron chi connectivity index (χ2n) is 0.553. The van der Waals surface area contributed by atoms with E-state index in [4.69, 9.17) is 0 Å². The molecule has 8 heavy (non-hydrogen) atoms. The summed E-state index contributed by atoms with van der Waals surface area (Å²) >= 11 is 0. The van der Waals surface area contributed by atoms with Crippen molar-refractivity contribution in [3.05, 3.63) is 0 Å². The molecule has 4 nitrogen and oxygen atoms in total. The van der Waals surface area contributed by atoms with Crippen LogP contribution in [-0.2, 0) is 20.6 Å². The Morgan fingerprint density at radius 3 is 1.12 bits per heavy atom. The topological polar surface area (TPSA) is 68.3 Å². The highest BCUT2D eigenvalue weighted by molar-refractivity contribution is 7.86. The fourth-order valence-electron chi connectivity index (χ4n) is 0.0556. The summed E-state index contributed by atoms with van der Waals surface area (Å²) in [5.74, 6) is 0. The summed E-state index contributed by atoms with van der Waals surface area (Å²) in [7, 11) is -5.42. The second-order valence-corrected chi connectivity index (χ2v) is 2.16. The first kappa shape index (κ1) is 10.4. The third-order valence-electron chi connectivity index (χ3n) is 0.136. The predicted octanol–water partition coefficient (Wildman–Crippen LogP) is -1.47. The van der Waals surface area contributed by atoms with Crippen LogP contribution in [0.4, 0.5) is 4.70 Å². The summed E-state index contributed by atoms with van der Waals surface area (Å²) in [5.41, 5.74) is 0. The van der Waals surface area contributed by atoms with Crippen molar-refractivity contribution in [3.8, 4) is 0 Å². The molecule has 0 aliphatic heterocycles. The van der Waals surface area contributed by atoms with Crippen molar-refractivity contribution in [1.29, 1.82) is 0 Å². The molecule has 0 unspecified atom stereocenters. The molecule has 0 aromatic rings. The SMILES string of the molecule is F.O=S(=O)=C=S(=O)=O. The van der Waals surface area contributed by atoms with E-state index in [0.29, 0.717) is 0 Å².